The van der Waals surface area contributed by atoms with Crippen LogP contribution in [0.1, 0.15) is 24.2 Å². The van der Waals surface area contributed by atoms with Gasteiger partial charge in [-0.15, -0.1) is 0 Å². The summed E-state index contributed by atoms with van der Waals surface area (Å²) < 4.78 is 7.00. The molecule has 1 atom stereocenters. The lowest BCUT2D eigenvalue weighted by Crippen LogP contribution is -2.09. The minimum Gasteiger partial charge on any atom is -0.497 e. The van der Waals surface area contributed by atoms with Gasteiger partial charge in [-0.05, 0) is 31.5 Å². The Kier molecular flexibility index (Phi) is 3.66. The Bertz CT molecular complexity index is 794. The molecule has 1 N–H and O–H groups in total. The van der Waals surface area contributed by atoms with Gasteiger partial charge in [-0.25, -0.2) is 9.97 Å². The van der Waals surface area contributed by atoms with Crippen molar-refractivity contribution in [3.8, 4) is 5.75 Å². The smallest absolute Gasteiger partial charge is 0.156 e. The molecule has 6 heteroatoms. The first-order valence-corrected chi connectivity index (χ1v) is 7.15. The number of hydrogen-bond donors (Lipinski definition) is 1. The van der Waals surface area contributed by atoms with E-state index in [2.05, 4.69) is 27.3 Å². The molecule has 2 aromatic heterocycles. The summed E-state index contributed by atoms with van der Waals surface area (Å²) in [6, 6.07) is 8.11. The van der Waals surface area contributed by atoms with Gasteiger partial charge in [-0.3, -0.25) is 4.68 Å². The van der Waals surface area contributed by atoms with E-state index >= 15 is 0 Å². The molecule has 114 valence electrons. The van der Waals surface area contributed by atoms with Crippen molar-refractivity contribution in [3.63, 3.8) is 0 Å². The monoisotopic (exact) mass is 297 g/mol. The highest BCUT2D eigenvalue weighted by atomic mass is 16.5. The molecule has 1 unspecified atom stereocenters. The molecule has 6 nitrogen and oxygen atoms in total. The van der Waals surface area contributed by atoms with Crippen LogP contribution in [-0.2, 0) is 7.05 Å². The van der Waals surface area contributed by atoms with Crippen LogP contribution in [0.15, 0.2) is 30.6 Å². The topological polar surface area (TPSA) is 64.9 Å². The fourth-order valence-electron chi connectivity index (χ4n) is 2.56. The zero-order chi connectivity index (χ0) is 15.7. The van der Waals surface area contributed by atoms with Crippen molar-refractivity contribution in [2.75, 3.05) is 12.4 Å². The van der Waals surface area contributed by atoms with Crippen LogP contribution in [0, 0.1) is 6.92 Å². The SMILES string of the molecule is COc1ccc(C(C)Nc2ncnc3c(C)nn(C)c23)cc1. The van der Waals surface area contributed by atoms with E-state index in [1.165, 1.54) is 0 Å². The molecule has 0 amide bonds. The molecule has 1 aromatic carbocycles. The molecular formula is C16H19N5O. The molecule has 22 heavy (non-hydrogen) atoms. The summed E-state index contributed by atoms with van der Waals surface area (Å²) in [6.45, 7) is 4.05. The largest absolute Gasteiger partial charge is 0.497 e. The number of nitrogens with zero attached hydrogens (tertiary/aromatic N) is 4. The van der Waals surface area contributed by atoms with E-state index < -0.39 is 0 Å². The van der Waals surface area contributed by atoms with Gasteiger partial charge < -0.3 is 10.1 Å². The van der Waals surface area contributed by atoms with Gasteiger partial charge in [0.05, 0.1) is 18.8 Å². The van der Waals surface area contributed by atoms with Crippen molar-refractivity contribution in [1.82, 2.24) is 19.7 Å². The molecule has 3 aromatic rings. The number of methoxy groups -OCH3 is 1. The normalized spacial score (nSPS) is 12.4. The van der Waals surface area contributed by atoms with Crippen LogP contribution in [0.4, 0.5) is 5.82 Å². The molecule has 3 rings (SSSR count). The summed E-state index contributed by atoms with van der Waals surface area (Å²) in [7, 11) is 3.57. The average molecular weight is 297 g/mol. The molecule has 0 saturated carbocycles. The third kappa shape index (κ3) is 2.47. The summed E-state index contributed by atoms with van der Waals surface area (Å²) >= 11 is 0. The molecule has 0 radical (unpaired) electrons. The van der Waals surface area contributed by atoms with Crippen LogP contribution in [-0.4, -0.2) is 26.9 Å². The van der Waals surface area contributed by atoms with Crippen molar-refractivity contribution in [2.24, 2.45) is 7.05 Å². The first-order valence-electron chi connectivity index (χ1n) is 7.15. The Labute approximate surface area is 129 Å². The second-order valence-corrected chi connectivity index (χ2v) is 5.27. The Morgan fingerprint density at radius 2 is 1.91 bits per heavy atom. The molecule has 2 heterocycles. The minimum atomic E-state index is 0.110. The van der Waals surface area contributed by atoms with Crippen LogP contribution in [0.2, 0.25) is 0 Å². The molecule has 0 saturated heterocycles. The highest BCUT2D eigenvalue weighted by Gasteiger charge is 2.14. The van der Waals surface area contributed by atoms with Crippen molar-refractivity contribution in [1.29, 1.82) is 0 Å². The average Bonchev–Trinajstić information content (AvgIpc) is 2.83. The number of rotatable bonds is 4. The number of hydrogen-bond acceptors (Lipinski definition) is 5. The van der Waals surface area contributed by atoms with E-state index in [1.54, 1.807) is 13.4 Å². The summed E-state index contributed by atoms with van der Waals surface area (Å²) in [4.78, 5) is 8.69. The number of ether oxygens (including phenoxy) is 1. The first-order chi connectivity index (χ1) is 10.6. The van der Waals surface area contributed by atoms with E-state index in [4.69, 9.17) is 4.74 Å². The second kappa shape index (κ2) is 5.63. The second-order valence-electron chi connectivity index (χ2n) is 5.27. The minimum absolute atomic E-state index is 0.110. The number of anilines is 1. The van der Waals surface area contributed by atoms with E-state index in [-0.39, 0.29) is 6.04 Å². The van der Waals surface area contributed by atoms with Gasteiger partial charge in [-0.2, -0.15) is 5.10 Å². The maximum atomic E-state index is 5.19. The Balaban J connectivity index is 1.92. The van der Waals surface area contributed by atoms with Crippen LogP contribution in [0.3, 0.4) is 0 Å². The lowest BCUT2D eigenvalue weighted by molar-refractivity contribution is 0.414. The third-order valence-electron chi connectivity index (χ3n) is 3.76. The van der Waals surface area contributed by atoms with E-state index in [1.807, 2.05) is 42.9 Å². The fraction of sp³-hybridized carbons (Fsp3) is 0.312. The van der Waals surface area contributed by atoms with E-state index in [0.29, 0.717) is 0 Å². The standard InChI is InChI=1S/C16H19N5O/c1-10(12-5-7-13(22-4)8-6-12)19-16-15-14(17-9-18-16)11(2)20-21(15)3/h5-10H,1-4H3,(H,17,18,19). The fourth-order valence-corrected chi connectivity index (χ4v) is 2.56. The van der Waals surface area contributed by atoms with Crippen LogP contribution < -0.4 is 10.1 Å². The van der Waals surface area contributed by atoms with Gasteiger partial charge >= 0.3 is 0 Å². The summed E-state index contributed by atoms with van der Waals surface area (Å²) in [5, 5.41) is 7.85. The molecule has 0 aliphatic carbocycles. The lowest BCUT2D eigenvalue weighted by atomic mass is 10.1. The Morgan fingerprint density at radius 1 is 1.18 bits per heavy atom. The highest BCUT2D eigenvalue weighted by molar-refractivity contribution is 5.87. The van der Waals surface area contributed by atoms with E-state index in [0.717, 1.165) is 33.9 Å². The first kappa shape index (κ1) is 14.3. The Morgan fingerprint density at radius 3 is 2.59 bits per heavy atom. The molecule has 0 aliphatic rings. The predicted molar refractivity (Wildman–Crippen MR) is 86.1 cm³/mol. The number of aromatic nitrogens is 4. The number of aryl methyl sites for hydroxylation is 2. The third-order valence-corrected chi connectivity index (χ3v) is 3.76. The zero-order valence-corrected chi connectivity index (χ0v) is 13.2. The summed E-state index contributed by atoms with van der Waals surface area (Å²) in [5.41, 5.74) is 3.86. The van der Waals surface area contributed by atoms with Crippen molar-refractivity contribution < 1.29 is 4.74 Å². The molecular weight excluding hydrogens is 278 g/mol. The molecule has 0 spiro atoms. The predicted octanol–water partition coefficient (Wildman–Crippen LogP) is 2.85. The number of benzene rings is 1. The maximum absolute atomic E-state index is 5.19. The summed E-state index contributed by atoms with van der Waals surface area (Å²) in [6.07, 6.45) is 1.57. The van der Waals surface area contributed by atoms with Gasteiger partial charge in [0.15, 0.2) is 5.82 Å². The zero-order valence-electron chi connectivity index (χ0n) is 13.2. The van der Waals surface area contributed by atoms with Crippen molar-refractivity contribution in [2.45, 2.75) is 19.9 Å². The quantitative estimate of drug-likeness (QED) is 0.802. The molecule has 0 fully saturated rings. The lowest BCUT2D eigenvalue weighted by Gasteiger charge is -2.16. The van der Waals surface area contributed by atoms with Crippen LogP contribution in [0.5, 0.6) is 5.75 Å². The van der Waals surface area contributed by atoms with Crippen LogP contribution >= 0.6 is 0 Å². The van der Waals surface area contributed by atoms with Gasteiger partial charge in [0, 0.05) is 7.05 Å². The van der Waals surface area contributed by atoms with Crippen LogP contribution in [0.25, 0.3) is 11.0 Å². The molecule has 0 bridgehead atoms. The molecule has 0 aliphatic heterocycles. The number of nitrogens with one attached hydrogen (secondary N) is 1. The van der Waals surface area contributed by atoms with Crippen molar-refractivity contribution in [3.05, 3.63) is 41.9 Å². The maximum Gasteiger partial charge on any atom is 0.156 e. The van der Waals surface area contributed by atoms with Gasteiger partial charge in [0.2, 0.25) is 0 Å². The Hall–Kier alpha value is -2.63. The van der Waals surface area contributed by atoms with Gasteiger partial charge in [0.1, 0.15) is 23.1 Å². The van der Waals surface area contributed by atoms with Crippen molar-refractivity contribution >= 4 is 16.9 Å². The van der Waals surface area contributed by atoms with E-state index in [9.17, 15) is 0 Å². The number of fused-ring (bicyclic) bond motifs is 1. The van der Waals surface area contributed by atoms with Gasteiger partial charge in [-0.1, -0.05) is 12.1 Å². The highest BCUT2D eigenvalue weighted by Crippen LogP contribution is 2.25. The summed E-state index contributed by atoms with van der Waals surface area (Å²) in [5.74, 6) is 1.64. The van der Waals surface area contributed by atoms with Gasteiger partial charge in [0.25, 0.3) is 0 Å².